The van der Waals surface area contributed by atoms with E-state index in [4.69, 9.17) is 5.11 Å². The number of aliphatic hydroxyl groups is 4. The summed E-state index contributed by atoms with van der Waals surface area (Å²) in [6.45, 7) is 2.02. The molecule has 0 radical (unpaired) electrons. The van der Waals surface area contributed by atoms with Crippen molar-refractivity contribution in [3.05, 3.63) is 0 Å². The number of hydrogen-bond donors (Lipinski definition) is 4. The highest BCUT2D eigenvalue weighted by molar-refractivity contribution is 4.92. The molecule has 1 aliphatic carbocycles. The van der Waals surface area contributed by atoms with Crippen molar-refractivity contribution in [2.45, 2.75) is 63.8 Å². The molecule has 0 amide bonds. The van der Waals surface area contributed by atoms with Gasteiger partial charge in [-0.3, -0.25) is 0 Å². The molecule has 0 bridgehead atoms. The number of rotatable bonds is 6. The summed E-state index contributed by atoms with van der Waals surface area (Å²) in [7, 11) is 0. The van der Waals surface area contributed by atoms with Gasteiger partial charge in [-0.05, 0) is 18.8 Å². The lowest BCUT2D eigenvalue weighted by Crippen LogP contribution is -2.51. The number of unbranched alkanes of at least 4 members (excludes halogenated alkanes) is 3. The summed E-state index contributed by atoms with van der Waals surface area (Å²) in [6, 6.07) is 0. The van der Waals surface area contributed by atoms with E-state index in [1.54, 1.807) is 0 Å². The van der Waals surface area contributed by atoms with Gasteiger partial charge in [0.1, 0.15) is 6.10 Å². The molecule has 4 N–H and O–H groups in total. The lowest BCUT2D eigenvalue weighted by Gasteiger charge is -2.40. The molecule has 102 valence electrons. The Bertz CT molecular complexity index is 208. The maximum Gasteiger partial charge on any atom is 0.106 e. The second-order valence-electron chi connectivity index (χ2n) is 5.26. The summed E-state index contributed by atoms with van der Waals surface area (Å²) < 4.78 is 0. The standard InChI is InChI=1S/C13H26O4/c1-2-3-4-5-6-9-7-10(8-14)12(16)13(17)11(9)15/h9-17H,2-8H2,1H3/t9-,10-,11-,12+,13+/m0/s1. The first kappa shape index (κ1) is 14.9. The van der Waals surface area contributed by atoms with Crippen LogP contribution in [0.3, 0.4) is 0 Å². The Morgan fingerprint density at radius 1 is 0.882 bits per heavy atom. The van der Waals surface area contributed by atoms with Gasteiger partial charge in [0.15, 0.2) is 0 Å². The molecule has 17 heavy (non-hydrogen) atoms. The van der Waals surface area contributed by atoms with Crippen molar-refractivity contribution in [3.63, 3.8) is 0 Å². The lowest BCUT2D eigenvalue weighted by atomic mass is 9.74. The van der Waals surface area contributed by atoms with Gasteiger partial charge in [0.25, 0.3) is 0 Å². The average Bonchev–Trinajstić information content (AvgIpc) is 2.34. The van der Waals surface area contributed by atoms with Crippen LogP contribution in [0, 0.1) is 11.8 Å². The summed E-state index contributed by atoms with van der Waals surface area (Å²) in [6.07, 6.45) is 3.04. The molecule has 0 saturated heterocycles. The quantitative estimate of drug-likeness (QED) is 0.519. The molecule has 0 heterocycles. The van der Waals surface area contributed by atoms with Crippen molar-refractivity contribution in [2.75, 3.05) is 6.61 Å². The Kier molecular flexibility index (Phi) is 6.41. The minimum atomic E-state index is -1.11. The molecule has 0 aromatic rings. The van der Waals surface area contributed by atoms with Crippen LogP contribution in [0.5, 0.6) is 0 Å². The van der Waals surface area contributed by atoms with Gasteiger partial charge in [-0.1, -0.05) is 32.6 Å². The second kappa shape index (κ2) is 7.31. The fraction of sp³-hybridized carbons (Fsp3) is 1.00. The van der Waals surface area contributed by atoms with Crippen molar-refractivity contribution in [1.29, 1.82) is 0 Å². The molecular weight excluding hydrogens is 220 g/mol. The summed E-state index contributed by atoms with van der Waals surface area (Å²) in [5.41, 5.74) is 0. The Balaban J connectivity index is 2.42. The highest BCUT2D eigenvalue weighted by Gasteiger charge is 2.41. The maximum absolute atomic E-state index is 9.89. The van der Waals surface area contributed by atoms with E-state index in [0.29, 0.717) is 6.42 Å². The van der Waals surface area contributed by atoms with Gasteiger partial charge in [-0.25, -0.2) is 0 Å². The van der Waals surface area contributed by atoms with Crippen LogP contribution in [0.4, 0.5) is 0 Å². The van der Waals surface area contributed by atoms with E-state index in [2.05, 4.69) is 6.92 Å². The highest BCUT2D eigenvalue weighted by Crippen LogP contribution is 2.33. The van der Waals surface area contributed by atoms with Crippen LogP contribution in [0.25, 0.3) is 0 Å². The number of hydrogen-bond acceptors (Lipinski definition) is 4. The van der Waals surface area contributed by atoms with Crippen molar-refractivity contribution in [3.8, 4) is 0 Å². The van der Waals surface area contributed by atoms with Gasteiger partial charge >= 0.3 is 0 Å². The van der Waals surface area contributed by atoms with Gasteiger partial charge in [-0.15, -0.1) is 0 Å². The van der Waals surface area contributed by atoms with E-state index < -0.39 is 18.3 Å². The zero-order valence-electron chi connectivity index (χ0n) is 10.6. The second-order valence-corrected chi connectivity index (χ2v) is 5.26. The molecule has 0 spiro atoms. The van der Waals surface area contributed by atoms with E-state index in [1.807, 2.05) is 0 Å². The van der Waals surface area contributed by atoms with E-state index in [0.717, 1.165) is 19.3 Å². The van der Waals surface area contributed by atoms with Crippen molar-refractivity contribution >= 4 is 0 Å². The Morgan fingerprint density at radius 3 is 2.12 bits per heavy atom. The predicted octanol–water partition coefficient (Wildman–Crippen LogP) is 0.668. The number of aliphatic hydroxyl groups excluding tert-OH is 4. The molecule has 4 nitrogen and oxygen atoms in total. The van der Waals surface area contributed by atoms with E-state index in [9.17, 15) is 15.3 Å². The maximum atomic E-state index is 9.89. The Hall–Kier alpha value is -0.160. The molecule has 4 heteroatoms. The van der Waals surface area contributed by atoms with Gasteiger partial charge in [0.2, 0.25) is 0 Å². The van der Waals surface area contributed by atoms with Crippen LogP contribution in [0.1, 0.15) is 45.4 Å². The monoisotopic (exact) mass is 246 g/mol. The molecule has 0 unspecified atom stereocenters. The molecule has 1 saturated carbocycles. The fourth-order valence-corrected chi connectivity index (χ4v) is 2.73. The van der Waals surface area contributed by atoms with Crippen LogP contribution in [0.15, 0.2) is 0 Å². The van der Waals surface area contributed by atoms with Crippen LogP contribution >= 0.6 is 0 Å². The first-order valence-electron chi connectivity index (χ1n) is 6.76. The van der Waals surface area contributed by atoms with E-state index >= 15 is 0 Å². The highest BCUT2D eigenvalue weighted by atomic mass is 16.4. The topological polar surface area (TPSA) is 80.9 Å². The molecule has 1 fully saturated rings. The Morgan fingerprint density at radius 2 is 1.53 bits per heavy atom. The van der Waals surface area contributed by atoms with Crippen LogP contribution in [-0.4, -0.2) is 45.3 Å². The molecule has 0 aromatic carbocycles. The third-order valence-corrected chi connectivity index (χ3v) is 3.93. The SMILES string of the molecule is CCCCCC[C@H]1C[C@@H](CO)[C@@H](O)[C@H](O)[C@H]1O. The molecule has 1 aliphatic rings. The first-order chi connectivity index (χ1) is 8.11. The summed E-state index contributed by atoms with van der Waals surface area (Å²) in [5, 5.41) is 38.4. The van der Waals surface area contributed by atoms with Gasteiger partial charge < -0.3 is 20.4 Å². The third kappa shape index (κ3) is 3.91. The lowest BCUT2D eigenvalue weighted by molar-refractivity contribution is -0.143. The van der Waals surface area contributed by atoms with Gasteiger partial charge in [0, 0.05) is 12.5 Å². The average molecular weight is 246 g/mol. The zero-order chi connectivity index (χ0) is 12.8. The first-order valence-corrected chi connectivity index (χ1v) is 6.76. The fourth-order valence-electron chi connectivity index (χ4n) is 2.73. The van der Waals surface area contributed by atoms with Crippen molar-refractivity contribution < 1.29 is 20.4 Å². The van der Waals surface area contributed by atoms with Crippen LogP contribution in [0.2, 0.25) is 0 Å². The minimum Gasteiger partial charge on any atom is -0.396 e. The molecule has 1 rings (SSSR count). The molecular formula is C13H26O4. The third-order valence-electron chi connectivity index (χ3n) is 3.93. The summed E-state index contributed by atoms with van der Waals surface area (Å²) in [5.74, 6) is -0.299. The van der Waals surface area contributed by atoms with Crippen LogP contribution < -0.4 is 0 Å². The Labute approximate surface area is 103 Å². The van der Waals surface area contributed by atoms with Crippen molar-refractivity contribution in [1.82, 2.24) is 0 Å². The minimum absolute atomic E-state index is 0.00223. The van der Waals surface area contributed by atoms with Gasteiger partial charge in [-0.2, -0.15) is 0 Å². The van der Waals surface area contributed by atoms with Gasteiger partial charge in [0.05, 0.1) is 12.2 Å². The largest absolute Gasteiger partial charge is 0.396 e. The van der Waals surface area contributed by atoms with E-state index in [-0.39, 0.29) is 18.4 Å². The van der Waals surface area contributed by atoms with E-state index in [1.165, 1.54) is 12.8 Å². The molecule has 5 atom stereocenters. The molecule has 0 aliphatic heterocycles. The molecule has 0 aromatic heterocycles. The smallest absolute Gasteiger partial charge is 0.106 e. The van der Waals surface area contributed by atoms with Crippen molar-refractivity contribution in [2.24, 2.45) is 11.8 Å². The van der Waals surface area contributed by atoms with Crippen LogP contribution in [-0.2, 0) is 0 Å². The summed E-state index contributed by atoms with van der Waals surface area (Å²) in [4.78, 5) is 0. The normalized spacial score (nSPS) is 38.3. The predicted molar refractivity (Wildman–Crippen MR) is 65.5 cm³/mol. The zero-order valence-corrected chi connectivity index (χ0v) is 10.6. The summed E-state index contributed by atoms with van der Waals surface area (Å²) >= 11 is 0.